The Hall–Kier alpha value is -2.80. The van der Waals surface area contributed by atoms with Gasteiger partial charge in [-0.1, -0.05) is 36.0 Å². The van der Waals surface area contributed by atoms with Gasteiger partial charge in [0.2, 0.25) is 0 Å². The number of aryl methyl sites for hydroxylation is 1. The summed E-state index contributed by atoms with van der Waals surface area (Å²) in [5, 5.41) is 1.32. The molecular weight excluding hydrogens is 348 g/mol. The summed E-state index contributed by atoms with van der Waals surface area (Å²) in [7, 11) is 1.74. The molecule has 0 saturated heterocycles. The molecule has 2 aromatic heterocycles. The number of aromatic nitrogens is 4. The van der Waals surface area contributed by atoms with E-state index in [9.17, 15) is 9.59 Å². The van der Waals surface area contributed by atoms with Crippen molar-refractivity contribution in [2.45, 2.75) is 18.1 Å². The second-order valence-corrected chi connectivity index (χ2v) is 7.14. The summed E-state index contributed by atoms with van der Waals surface area (Å²) in [5.74, 6) is 0.768. The lowest BCUT2D eigenvalue weighted by Gasteiger charge is -2.09. The Morgan fingerprint density at radius 1 is 1.08 bits per heavy atom. The molecule has 0 saturated carbocycles. The van der Waals surface area contributed by atoms with Gasteiger partial charge in [0.05, 0.1) is 21.9 Å². The quantitative estimate of drug-likeness (QED) is 0.335. The van der Waals surface area contributed by atoms with Gasteiger partial charge < -0.3 is 4.98 Å². The highest BCUT2D eigenvalue weighted by atomic mass is 32.2. The average molecular weight is 366 g/mol. The number of para-hydroxylation sites is 3. The van der Waals surface area contributed by atoms with Crippen molar-refractivity contribution in [1.82, 2.24) is 19.1 Å². The third kappa shape index (κ3) is 2.94. The van der Waals surface area contributed by atoms with Crippen molar-refractivity contribution in [3.05, 3.63) is 69.4 Å². The van der Waals surface area contributed by atoms with Crippen LogP contribution in [-0.4, -0.2) is 24.9 Å². The zero-order valence-electron chi connectivity index (χ0n) is 14.3. The van der Waals surface area contributed by atoms with Crippen LogP contribution in [0.5, 0.6) is 0 Å². The molecule has 4 rings (SSSR count). The summed E-state index contributed by atoms with van der Waals surface area (Å²) in [6.45, 7) is 0.622. The molecule has 0 unspecified atom stereocenters. The standard InChI is InChI=1S/C19H18N4O2S/c1-22-17(24)13-7-2-3-8-14(13)21-19(22)26-12-6-11-23-16-10-5-4-9-15(16)20-18(23)25/h2-5,7-10H,6,11-12H2,1H3,(H,20,25). The van der Waals surface area contributed by atoms with E-state index in [0.29, 0.717) is 22.6 Å². The third-order valence-electron chi connectivity index (χ3n) is 4.38. The SMILES string of the molecule is Cn1c(SCCCn2c(=O)[nH]c3ccccc32)nc2ccccc2c1=O. The molecule has 0 aliphatic heterocycles. The van der Waals surface area contributed by atoms with Crippen LogP contribution in [-0.2, 0) is 13.6 Å². The summed E-state index contributed by atoms with van der Waals surface area (Å²) in [4.78, 5) is 32.0. The Morgan fingerprint density at radius 2 is 1.85 bits per heavy atom. The summed E-state index contributed by atoms with van der Waals surface area (Å²) >= 11 is 1.54. The molecular formula is C19H18N4O2S. The van der Waals surface area contributed by atoms with Gasteiger partial charge in [-0.05, 0) is 30.7 Å². The zero-order valence-corrected chi connectivity index (χ0v) is 15.1. The lowest BCUT2D eigenvalue weighted by molar-refractivity contribution is 0.676. The molecule has 7 heteroatoms. The summed E-state index contributed by atoms with van der Waals surface area (Å²) in [6, 6.07) is 15.0. The van der Waals surface area contributed by atoms with E-state index in [0.717, 1.165) is 23.2 Å². The number of hydrogen-bond donors (Lipinski definition) is 1. The fourth-order valence-electron chi connectivity index (χ4n) is 3.04. The van der Waals surface area contributed by atoms with Crippen LogP contribution >= 0.6 is 11.8 Å². The number of hydrogen-bond acceptors (Lipinski definition) is 4. The number of thioether (sulfide) groups is 1. The number of aromatic amines is 1. The van der Waals surface area contributed by atoms with E-state index in [1.807, 2.05) is 42.5 Å². The van der Waals surface area contributed by atoms with Crippen molar-refractivity contribution in [3.63, 3.8) is 0 Å². The number of nitrogens with zero attached hydrogens (tertiary/aromatic N) is 3. The molecule has 4 aromatic rings. The van der Waals surface area contributed by atoms with Gasteiger partial charge in [-0.15, -0.1) is 0 Å². The van der Waals surface area contributed by atoms with Gasteiger partial charge in [-0.2, -0.15) is 0 Å². The van der Waals surface area contributed by atoms with E-state index in [4.69, 9.17) is 0 Å². The van der Waals surface area contributed by atoms with Crippen LogP contribution in [0, 0.1) is 0 Å². The Bertz CT molecular complexity index is 1210. The Balaban J connectivity index is 1.49. The van der Waals surface area contributed by atoms with Crippen molar-refractivity contribution in [2.24, 2.45) is 7.05 Å². The van der Waals surface area contributed by atoms with Gasteiger partial charge in [-0.3, -0.25) is 13.9 Å². The highest BCUT2D eigenvalue weighted by molar-refractivity contribution is 7.99. The number of fused-ring (bicyclic) bond motifs is 2. The maximum Gasteiger partial charge on any atom is 0.326 e. The van der Waals surface area contributed by atoms with Crippen LogP contribution in [0.3, 0.4) is 0 Å². The first-order valence-corrected chi connectivity index (χ1v) is 9.40. The predicted octanol–water partition coefficient (Wildman–Crippen LogP) is 2.76. The third-order valence-corrected chi connectivity index (χ3v) is 5.50. The van der Waals surface area contributed by atoms with Gasteiger partial charge >= 0.3 is 5.69 Å². The Labute approximate surface area is 153 Å². The summed E-state index contributed by atoms with van der Waals surface area (Å²) < 4.78 is 3.34. The van der Waals surface area contributed by atoms with E-state index in [2.05, 4.69) is 9.97 Å². The van der Waals surface area contributed by atoms with Gasteiger partial charge in [0.25, 0.3) is 5.56 Å². The molecule has 0 aliphatic rings. The molecule has 0 atom stereocenters. The van der Waals surface area contributed by atoms with Crippen LogP contribution in [0.25, 0.3) is 21.9 Å². The van der Waals surface area contributed by atoms with Crippen molar-refractivity contribution in [1.29, 1.82) is 0 Å². The van der Waals surface area contributed by atoms with E-state index < -0.39 is 0 Å². The fraction of sp³-hybridized carbons (Fsp3) is 0.211. The van der Waals surface area contributed by atoms with Crippen LogP contribution in [0.1, 0.15) is 6.42 Å². The number of nitrogens with one attached hydrogen (secondary N) is 1. The van der Waals surface area contributed by atoms with Crippen LogP contribution in [0.4, 0.5) is 0 Å². The molecule has 0 aliphatic carbocycles. The van der Waals surface area contributed by atoms with Crippen LogP contribution < -0.4 is 11.2 Å². The van der Waals surface area contributed by atoms with Gasteiger partial charge in [0.1, 0.15) is 0 Å². The monoisotopic (exact) mass is 366 g/mol. The molecule has 0 fully saturated rings. The molecule has 26 heavy (non-hydrogen) atoms. The van der Waals surface area contributed by atoms with Gasteiger partial charge in [-0.25, -0.2) is 9.78 Å². The zero-order chi connectivity index (χ0) is 18.1. The summed E-state index contributed by atoms with van der Waals surface area (Å²) in [5.41, 5.74) is 2.35. The normalized spacial score (nSPS) is 11.4. The molecule has 0 bridgehead atoms. The van der Waals surface area contributed by atoms with Crippen molar-refractivity contribution in [3.8, 4) is 0 Å². The topological polar surface area (TPSA) is 72.7 Å². The van der Waals surface area contributed by atoms with Crippen molar-refractivity contribution in [2.75, 3.05) is 5.75 Å². The fourth-order valence-corrected chi connectivity index (χ4v) is 3.94. The minimum absolute atomic E-state index is 0.0362. The molecule has 1 N–H and O–H groups in total. The van der Waals surface area contributed by atoms with Crippen molar-refractivity contribution < 1.29 is 0 Å². The summed E-state index contributed by atoms with van der Waals surface area (Å²) in [6.07, 6.45) is 0.801. The highest BCUT2D eigenvalue weighted by Crippen LogP contribution is 2.18. The molecule has 2 aromatic carbocycles. The Morgan fingerprint density at radius 3 is 2.73 bits per heavy atom. The average Bonchev–Trinajstić information content (AvgIpc) is 2.98. The molecule has 0 spiro atoms. The van der Waals surface area contributed by atoms with Gasteiger partial charge in [0, 0.05) is 19.3 Å². The lowest BCUT2D eigenvalue weighted by atomic mass is 10.2. The minimum Gasteiger partial charge on any atom is -0.306 e. The maximum atomic E-state index is 12.4. The largest absolute Gasteiger partial charge is 0.326 e. The van der Waals surface area contributed by atoms with E-state index >= 15 is 0 Å². The molecule has 0 amide bonds. The molecule has 6 nitrogen and oxygen atoms in total. The number of H-pyrrole nitrogens is 1. The van der Waals surface area contributed by atoms with Crippen LogP contribution in [0.15, 0.2) is 63.3 Å². The Kier molecular flexibility index (Phi) is 4.38. The first-order valence-electron chi connectivity index (χ1n) is 8.41. The maximum absolute atomic E-state index is 12.4. The van der Waals surface area contributed by atoms with E-state index in [1.165, 1.54) is 11.8 Å². The predicted molar refractivity (Wildman–Crippen MR) is 105 cm³/mol. The molecule has 0 radical (unpaired) electrons. The molecule has 2 heterocycles. The van der Waals surface area contributed by atoms with E-state index in [1.54, 1.807) is 22.2 Å². The second kappa shape index (κ2) is 6.84. The highest BCUT2D eigenvalue weighted by Gasteiger charge is 2.09. The lowest BCUT2D eigenvalue weighted by Crippen LogP contribution is -2.20. The van der Waals surface area contributed by atoms with Gasteiger partial charge in [0.15, 0.2) is 5.16 Å². The number of imidazole rings is 1. The molecule has 132 valence electrons. The van der Waals surface area contributed by atoms with Crippen molar-refractivity contribution >= 4 is 33.7 Å². The van der Waals surface area contributed by atoms with E-state index in [-0.39, 0.29) is 11.2 Å². The minimum atomic E-state index is -0.0903. The second-order valence-electron chi connectivity index (χ2n) is 6.08. The van der Waals surface area contributed by atoms with Crippen LogP contribution in [0.2, 0.25) is 0 Å². The number of benzene rings is 2. The number of rotatable bonds is 5. The first kappa shape index (κ1) is 16.7. The first-order chi connectivity index (χ1) is 12.6. The smallest absolute Gasteiger partial charge is 0.306 e.